The molecule has 28 heavy (non-hydrogen) atoms. The van der Waals surface area contributed by atoms with Gasteiger partial charge in [0.15, 0.2) is 0 Å². The molecule has 4 rings (SSSR count). The summed E-state index contributed by atoms with van der Waals surface area (Å²) in [5, 5.41) is 15.7. The highest BCUT2D eigenvalue weighted by Crippen LogP contribution is 2.33. The highest BCUT2D eigenvalue weighted by molar-refractivity contribution is 7.99. The fourth-order valence-corrected chi connectivity index (χ4v) is 4.80. The Labute approximate surface area is 168 Å². The highest BCUT2D eigenvalue weighted by Gasteiger charge is 2.30. The van der Waals surface area contributed by atoms with Gasteiger partial charge < -0.3 is 10.2 Å². The minimum Gasteiger partial charge on any atom is -0.324 e. The molecule has 1 aliphatic carbocycles. The van der Waals surface area contributed by atoms with Crippen LogP contribution >= 0.6 is 11.8 Å². The molecule has 1 aromatic heterocycles. The number of nitrogens with zero attached hydrogens (tertiary/aromatic N) is 5. The summed E-state index contributed by atoms with van der Waals surface area (Å²) in [5.41, 5.74) is 1.40. The van der Waals surface area contributed by atoms with Crippen molar-refractivity contribution >= 4 is 35.0 Å². The largest absolute Gasteiger partial charge is 0.324 e. The smallest absolute Gasteiger partial charge is 0.237 e. The number of benzene rings is 1. The lowest BCUT2D eigenvalue weighted by Crippen LogP contribution is -2.40. The zero-order valence-electron chi connectivity index (χ0n) is 15.9. The Hall–Kier alpha value is -2.42. The van der Waals surface area contributed by atoms with E-state index in [9.17, 15) is 9.59 Å². The molecule has 0 spiro atoms. The molecular formula is C19H24N6O2S. The predicted molar refractivity (Wildman–Crippen MR) is 107 cm³/mol. The van der Waals surface area contributed by atoms with E-state index in [1.165, 1.54) is 31.0 Å². The summed E-state index contributed by atoms with van der Waals surface area (Å²) in [5.74, 6) is 0.0868. The highest BCUT2D eigenvalue weighted by atomic mass is 32.2. The second-order valence-corrected chi connectivity index (χ2v) is 8.31. The molecule has 1 aromatic carbocycles. The molecule has 0 saturated heterocycles. The molecule has 0 radical (unpaired) electrons. The van der Waals surface area contributed by atoms with Crippen LogP contribution in [0.3, 0.4) is 0 Å². The monoisotopic (exact) mass is 400 g/mol. The van der Waals surface area contributed by atoms with Crippen LogP contribution in [0.5, 0.6) is 0 Å². The minimum atomic E-state index is -0.217. The molecule has 2 heterocycles. The predicted octanol–water partition coefficient (Wildman–Crippen LogP) is 3.03. The molecule has 9 heteroatoms. The van der Waals surface area contributed by atoms with Gasteiger partial charge in [-0.05, 0) is 42.3 Å². The molecule has 1 fully saturated rings. The van der Waals surface area contributed by atoms with Gasteiger partial charge in [0.2, 0.25) is 17.0 Å². The van der Waals surface area contributed by atoms with Crippen LogP contribution in [0.15, 0.2) is 29.4 Å². The lowest BCUT2D eigenvalue weighted by Gasteiger charge is -2.27. The average Bonchev–Trinajstić information content (AvgIpc) is 3.12. The molecule has 1 atom stereocenters. The van der Waals surface area contributed by atoms with E-state index in [0.717, 1.165) is 18.5 Å². The first-order valence-corrected chi connectivity index (χ1v) is 10.7. The van der Waals surface area contributed by atoms with E-state index in [4.69, 9.17) is 0 Å². The van der Waals surface area contributed by atoms with E-state index < -0.39 is 0 Å². The Morgan fingerprint density at radius 3 is 2.86 bits per heavy atom. The maximum atomic E-state index is 13.1. The van der Waals surface area contributed by atoms with Gasteiger partial charge in [-0.2, -0.15) is 0 Å². The third-order valence-corrected chi connectivity index (χ3v) is 6.25. The molecule has 148 valence electrons. The number of anilines is 2. The molecular weight excluding hydrogens is 376 g/mol. The lowest BCUT2D eigenvalue weighted by atomic mass is 9.96. The van der Waals surface area contributed by atoms with Crippen LogP contribution in [0.1, 0.15) is 51.5 Å². The molecule has 8 nitrogen and oxygen atoms in total. The minimum absolute atomic E-state index is 0.0559. The van der Waals surface area contributed by atoms with Gasteiger partial charge in [0.25, 0.3) is 0 Å². The van der Waals surface area contributed by atoms with Gasteiger partial charge in [0.1, 0.15) is 0 Å². The summed E-state index contributed by atoms with van der Waals surface area (Å²) < 4.78 is 1.88. The first kappa shape index (κ1) is 18.9. The van der Waals surface area contributed by atoms with Crippen LogP contribution in [0.4, 0.5) is 11.4 Å². The summed E-state index contributed by atoms with van der Waals surface area (Å²) in [4.78, 5) is 26.9. The summed E-state index contributed by atoms with van der Waals surface area (Å²) in [6.45, 7) is 1.90. The molecule has 1 aliphatic heterocycles. The summed E-state index contributed by atoms with van der Waals surface area (Å²) >= 11 is 1.36. The van der Waals surface area contributed by atoms with Crippen molar-refractivity contribution < 1.29 is 9.59 Å². The average molecular weight is 401 g/mol. The van der Waals surface area contributed by atoms with Gasteiger partial charge >= 0.3 is 0 Å². The first-order valence-electron chi connectivity index (χ1n) is 9.75. The Balaban J connectivity index is 1.50. The second-order valence-electron chi connectivity index (χ2n) is 7.37. The Bertz CT molecular complexity index is 864. The standard InChI is InChI=1S/C19H24N6O2S/c1-13-11-17(26)20-15-9-5-6-10-16(15)24(13)18(27)12-28-19-21-22-23-25(19)14-7-3-2-4-8-14/h5-6,9-10,13-14H,2-4,7-8,11-12H2,1H3,(H,20,26)/t13-/m0/s1. The van der Waals surface area contributed by atoms with Gasteiger partial charge in [-0.25, -0.2) is 4.68 Å². The molecule has 2 amide bonds. The van der Waals surface area contributed by atoms with E-state index in [0.29, 0.717) is 16.9 Å². The number of aromatic nitrogens is 4. The van der Waals surface area contributed by atoms with Gasteiger partial charge in [-0.1, -0.05) is 43.2 Å². The number of hydrogen-bond acceptors (Lipinski definition) is 6. The summed E-state index contributed by atoms with van der Waals surface area (Å²) in [6, 6.07) is 7.52. The van der Waals surface area contributed by atoms with Crippen molar-refractivity contribution in [1.82, 2.24) is 20.2 Å². The van der Waals surface area contributed by atoms with Crippen LogP contribution in [0.25, 0.3) is 0 Å². The Morgan fingerprint density at radius 1 is 1.25 bits per heavy atom. The maximum Gasteiger partial charge on any atom is 0.237 e. The van der Waals surface area contributed by atoms with Crippen molar-refractivity contribution in [2.24, 2.45) is 0 Å². The number of carbonyl (C=O) groups is 2. The molecule has 0 unspecified atom stereocenters. The van der Waals surface area contributed by atoms with Gasteiger partial charge in [-0.15, -0.1) is 5.10 Å². The van der Waals surface area contributed by atoms with E-state index in [1.807, 2.05) is 35.9 Å². The van der Waals surface area contributed by atoms with Crippen LogP contribution < -0.4 is 10.2 Å². The number of fused-ring (bicyclic) bond motifs is 1. The van der Waals surface area contributed by atoms with Gasteiger partial charge in [0, 0.05) is 12.5 Å². The number of nitrogens with one attached hydrogen (secondary N) is 1. The van der Waals surface area contributed by atoms with E-state index >= 15 is 0 Å². The SMILES string of the molecule is C[C@H]1CC(=O)Nc2ccccc2N1C(=O)CSc1nnnn1C1CCCCC1. The van der Waals surface area contributed by atoms with Gasteiger partial charge in [-0.3, -0.25) is 9.59 Å². The fourth-order valence-electron chi connectivity index (χ4n) is 4.00. The number of carbonyl (C=O) groups excluding carboxylic acids is 2. The van der Waals surface area contributed by atoms with Crippen molar-refractivity contribution in [3.63, 3.8) is 0 Å². The van der Waals surface area contributed by atoms with Crippen molar-refractivity contribution in [3.8, 4) is 0 Å². The molecule has 2 aromatic rings. The van der Waals surface area contributed by atoms with Crippen molar-refractivity contribution in [2.45, 2.75) is 62.7 Å². The summed E-state index contributed by atoms with van der Waals surface area (Å²) in [6.07, 6.45) is 6.07. The topological polar surface area (TPSA) is 93.0 Å². The zero-order chi connectivity index (χ0) is 19.5. The number of rotatable bonds is 4. The quantitative estimate of drug-likeness (QED) is 0.793. The third-order valence-electron chi connectivity index (χ3n) is 5.34. The van der Waals surface area contributed by atoms with Crippen molar-refractivity contribution in [1.29, 1.82) is 0 Å². The van der Waals surface area contributed by atoms with Crippen LogP contribution in [0.2, 0.25) is 0 Å². The molecule has 1 saturated carbocycles. The zero-order valence-corrected chi connectivity index (χ0v) is 16.7. The fraction of sp³-hybridized carbons (Fsp3) is 0.526. The number of thioether (sulfide) groups is 1. The molecule has 1 N–H and O–H groups in total. The van der Waals surface area contributed by atoms with Gasteiger partial charge in [0.05, 0.1) is 23.2 Å². The van der Waals surface area contributed by atoms with Crippen LogP contribution in [-0.2, 0) is 9.59 Å². The molecule has 2 aliphatic rings. The lowest BCUT2D eigenvalue weighted by molar-refractivity contribution is -0.117. The number of tetrazole rings is 1. The first-order chi connectivity index (χ1) is 13.6. The Morgan fingerprint density at radius 2 is 2.04 bits per heavy atom. The van der Waals surface area contributed by atoms with E-state index in [-0.39, 0.29) is 30.0 Å². The normalized spacial score (nSPS) is 20.4. The third kappa shape index (κ3) is 3.89. The van der Waals surface area contributed by atoms with E-state index in [1.54, 1.807) is 4.90 Å². The van der Waals surface area contributed by atoms with E-state index in [2.05, 4.69) is 20.8 Å². The maximum absolute atomic E-state index is 13.1. The number of para-hydroxylation sites is 2. The number of amides is 2. The second kappa shape index (κ2) is 8.30. The Kier molecular flexibility index (Phi) is 5.61. The number of hydrogen-bond donors (Lipinski definition) is 1. The van der Waals surface area contributed by atoms with Crippen molar-refractivity contribution in [2.75, 3.05) is 16.0 Å². The summed E-state index contributed by atoms with van der Waals surface area (Å²) in [7, 11) is 0. The van der Waals surface area contributed by atoms with Crippen molar-refractivity contribution in [3.05, 3.63) is 24.3 Å². The van der Waals surface area contributed by atoms with Crippen LogP contribution in [-0.4, -0.2) is 43.8 Å². The van der Waals surface area contributed by atoms with Crippen LogP contribution in [0, 0.1) is 0 Å². The molecule has 0 bridgehead atoms.